The van der Waals surface area contributed by atoms with E-state index in [2.05, 4.69) is 15.3 Å². The van der Waals surface area contributed by atoms with Crippen molar-refractivity contribution in [2.24, 2.45) is 0 Å². The Hall–Kier alpha value is -2.02. The third kappa shape index (κ3) is 3.11. The van der Waals surface area contributed by atoms with Crippen LogP contribution >= 0.6 is 11.3 Å². The first kappa shape index (κ1) is 14.4. The van der Waals surface area contributed by atoms with E-state index >= 15 is 0 Å². The van der Waals surface area contributed by atoms with Crippen LogP contribution in [0.25, 0.3) is 0 Å². The zero-order valence-corrected chi connectivity index (χ0v) is 12.7. The number of nitrogens with one attached hydrogen (secondary N) is 1. The summed E-state index contributed by atoms with van der Waals surface area (Å²) < 4.78 is 1.46. The molecular weight excluding hydrogens is 276 g/mol. The molecule has 2 rings (SSSR count). The zero-order chi connectivity index (χ0) is 14.9. The van der Waals surface area contributed by atoms with Gasteiger partial charge in [0, 0.05) is 22.0 Å². The van der Waals surface area contributed by atoms with Gasteiger partial charge in [0.25, 0.3) is 0 Å². The van der Waals surface area contributed by atoms with Gasteiger partial charge in [0.1, 0.15) is 6.54 Å². The Kier molecular flexibility index (Phi) is 3.99. The number of hydrogen-bond donors (Lipinski definition) is 1. The minimum atomic E-state index is -0.307. The van der Waals surface area contributed by atoms with Gasteiger partial charge in [0.05, 0.1) is 0 Å². The van der Waals surface area contributed by atoms with Gasteiger partial charge in [-0.05, 0) is 33.8 Å². The highest BCUT2D eigenvalue weighted by Crippen LogP contribution is 2.09. The fraction of sp³-hybridized carbons (Fsp3) is 0.385. The number of anilines is 1. The average Bonchev–Trinajstić information content (AvgIpc) is 2.54. The van der Waals surface area contributed by atoms with Crippen molar-refractivity contribution in [3.8, 4) is 0 Å². The van der Waals surface area contributed by atoms with E-state index in [4.69, 9.17) is 0 Å². The largest absolute Gasteiger partial charge is 0.308 e. The van der Waals surface area contributed by atoms with Crippen LogP contribution in [-0.4, -0.2) is 20.4 Å². The lowest BCUT2D eigenvalue weighted by Crippen LogP contribution is -2.26. The van der Waals surface area contributed by atoms with E-state index in [-0.39, 0.29) is 23.3 Å². The second-order valence-corrected chi connectivity index (χ2v) is 5.78. The van der Waals surface area contributed by atoms with Crippen LogP contribution in [0.4, 0.5) is 5.95 Å². The first-order valence-corrected chi connectivity index (χ1v) is 6.97. The number of amides is 1. The van der Waals surface area contributed by atoms with Gasteiger partial charge in [-0.2, -0.15) is 0 Å². The normalized spacial score (nSPS) is 10.6. The van der Waals surface area contributed by atoms with Crippen LogP contribution in [0.2, 0.25) is 0 Å². The third-order valence-corrected chi connectivity index (χ3v) is 3.91. The van der Waals surface area contributed by atoms with Gasteiger partial charge in [-0.3, -0.25) is 19.5 Å². The Morgan fingerprint density at radius 3 is 2.35 bits per heavy atom. The maximum atomic E-state index is 12.0. The number of thiazole rings is 1. The molecule has 0 bridgehead atoms. The van der Waals surface area contributed by atoms with Gasteiger partial charge < -0.3 is 0 Å². The van der Waals surface area contributed by atoms with Gasteiger partial charge in [0.2, 0.25) is 11.9 Å². The summed E-state index contributed by atoms with van der Waals surface area (Å²) in [6.07, 6.45) is 0. The van der Waals surface area contributed by atoms with Crippen molar-refractivity contribution >= 4 is 23.2 Å². The molecule has 0 aromatic carbocycles. The molecule has 0 aliphatic rings. The van der Waals surface area contributed by atoms with Crippen molar-refractivity contribution in [3.63, 3.8) is 0 Å². The molecular formula is C13H16N4O2S. The molecule has 0 spiro atoms. The molecule has 2 heterocycles. The second kappa shape index (κ2) is 5.54. The fourth-order valence-electron chi connectivity index (χ4n) is 1.86. The summed E-state index contributed by atoms with van der Waals surface area (Å²) in [5.41, 5.74) is 2.39. The molecule has 7 heteroatoms. The SMILES string of the molecule is Cc1cc(C)nc(NC(=O)Cn2c(C)c(C)sc2=O)n1. The number of carbonyl (C=O) groups excluding carboxylic acids is 1. The molecule has 1 amide bonds. The molecule has 6 nitrogen and oxygen atoms in total. The van der Waals surface area contributed by atoms with E-state index in [9.17, 15) is 9.59 Å². The summed E-state index contributed by atoms with van der Waals surface area (Å²) in [7, 11) is 0. The van der Waals surface area contributed by atoms with Crippen molar-refractivity contribution < 1.29 is 4.79 Å². The highest BCUT2D eigenvalue weighted by Gasteiger charge is 2.12. The van der Waals surface area contributed by atoms with Gasteiger partial charge >= 0.3 is 4.87 Å². The molecule has 0 saturated heterocycles. The highest BCUT2D eigenvalue weighted by atomic mass is 32.1. The maximum absolute atomic E-state index is 12.0. The van der Waals surface area contributed by atoms with Gasteiger partial charge in [-0.15, -0.1) is 0 Å². The molecule has 0 aliphatic heterocycles. The Bertz CT molecular complexity index is 697. The van der Waals surface area contributed by atoms with E-state index in [0.29, 0.717) is 0 Å². The second-order valence-electron chi connectivity index (χ2n) is 4.62. The lowest BCUT2D eigenvalue weighted by molar-refractivity contribution is -0.116. The Balaban J connectivity index is 2.15. The molecule has 0 aliphatic carbocycles. The average molecular weight is 292 g/mol. The van der Waals surface area contributed by atoms with Crippen LogP contribution < -0.4 is 10.2 Å². The molecule has 2 aromatic heterocycles. The molecule has 1 N–H and O–H groups in total. The first-order valence-electron chi connectivity index (χ1n) is 6.16. The van der Waals surface area contributed by atoms with E-state index in [1.807, 2.05) is 33.8 Å². The molecule has 2 aromatic rings. The molecule has 0 saturated carbocycles. The van der Waals surface area contributed by atoms with Crippen LogP contribution in [0.5, 0.6) is 0 Å². The summed E-state index contributed by atoms with van der Waals surface area (Å²) in [4.78, 5) is 32.8. The molecule has 0 unspecified atom stereocenters. The monoisotopic (exact) mass is 292 g/mol. The zero-order valence-electron chi connectivity index (χ0n) is 11.9. The van der Waals surface area contributed by atoms with Crippen molar-refractivity contribution in [1.82, 2.24) is 14.5 Å². The first-order chi connectivity index (χ1) is 9.36. The number of aromatic nitrogens is 3. The maximum Gasteiger partial charge on any atom is 0.308 e. The van der Waals surface area contributed by atoms with E-state index in [1.165, 1.54) is 4.57 Å². The van der Waals surface area contributed by atoms with Crippen molar-refractivity contribution in [3.05, 3.63) is 37.7 Å². The van der Waals surface area contributed by atoms with Crippen molar-refractivity contribution in [1.29, 1.82) is 0 Å². The number of nitrogens with zero attached hydrogens (tertiary/aromatic N) is 3. The summed E-state index contributed by atoms with van der Waals surface area (Å²) >= 11 is 1.15. The molecule has 0 atom stereocenters. The number of rotatable bonds is 3. The third-order valence-electron chi connectivity index (χ3n) is 2.91. The summed E-state index contributed by atoms with van der Waals surface area (Å²) in [6.45, 7) is 7.34. The molecule has 106 valence electrons. The molecule has 20 heavy (non-hydrogen) atoms. The standard InChI is InChI=1S/C13H16N4O2S/c1-7-5-8(2)15-12(14-7)16-11(18)6-17-9(3)10(4)20-13(17)19/h5H,6H2,1-4H3,(H,14,15,16,18). The lowest BCUT2D eigenvalue weighted by atomic mass is 10.3. The quantitative estimate of drug-likeness (QED) is 0.931. The van der Waals surface area contributed by atoms with Crippen LogP contribution in [0, 0.1) is 27.7 Å². The molecule has 0 fully saturated rings. The van der Waals surface area contributed by atoms with Crippen molar-refractivity contribution in [2.75, 3.05) is 5.32 Å². The predicted molar refractivity (Wildman–Crippen MR) is 78.2 cm³/mol. The lowest BCUT2D eigenvalue weighted by Gasteiger charge is -2.07. The van der Waals surface area contributed by atoms with Gasteiger partial charge in [-0.1, -0.05) is 11.3 Å². The summed E-state index contributed by atoms with van der Waals surface area (Å²) in [6, 6.07) is 1.83. The minimum Gasteiger partial charge on any atom is -0.294 e. The summed E-state index contributed by atoms with van der Waals surface area (Å²) in [5.74, 6) is -0.0387. The topological polar surface area (TPSA) is 76.9 Å². The Morgan fingerprint density at radius 1 is 1.25 bits per heavy atom. The van der Waals surface area contributed by atoms with E-state index in [1.54, 1.807) is 0 Å². The smallest absolute Gasteiger partial charge is 0.294 e. The Morgan fingerprint density at radius 2 is 1.85 bits per heavy atom. The minimum absolute atomic E-state index is 0.0225. The number of carbonyl (C=O) groups is 1. The highest BCUT2D eigenvalue weighted by molar-refractivity contribution is 7.09. The predicted octanol–water partition coefficient (Wildman–Crippen LogP) is 1.57. The Labute approximate surface area is 120 Å². The number of hydrogen-bond acceptors (Lipinski definition) is 5. The van der Waals surface area contributed by atoms with Crippen LogP contribution in [0.15, 0.2) is 10.9 Å². The van der Waals surface area contributed by atoms with Gasteiger partial charge in [0.15, 0.2) is 0 Å². The summed E-state index contributed by atoms with van der Waals surface area (Å²) in [5, 5.41) is 2.62. The van der Waals surface area contributed by atoms with Crippen LogP contribution in [0.1, 0.15) is 22.0 Å². The van der Waals surface area contributed by atoms with E-state index < -0.39 is 0 Å². The van der Waals surface area contributed by atoms with Gasteiger partial charge in [-0.25, -0.2) is 9.97 Å². The fourth-order valence-corrected chi connectivity index (χ4v) is 2.69. The van der Waals surface area contributed by atoms with Crippen LogP contribution in [-0.2, 0) is 11.3 Å². The number of aryl methyl sites for hydroxylation is 3. The van der Waals surface area contributed by atoms with Crippen LogP contribution in [0.3, 0.4) is 0 Å². The van der Waals surface area contributed by atoms with Crippen molar-refractivity contribution in [2.45, 2.75) is 34.2 Å². The van der Waals surface area contributed by atoms with E-state index in [0.717, 1.165) is 33.3 Å². The molecule has 0 radical (unpaired) electrons.